The number of nitrogens with zero attached hydrogens (tertiary/aromatic N) is 3. The molecule has 0 aromatic carbocycles. The summed E-state index contributed by atoms with van der Waals surface area (Å²) in [4.78, 5) is 35.4. The van der Waals surface area contributed by atoms with Crippen LogP contribution in [-0.4, -0.2) is 41.4 Å². The number of amidine groups is 1. The highest BCUT2D eigenvalue weighted by Crippen LogP contribution is 2.47. The number of amides is 1. The predicted octanol–water partition coefficient (Wildman–Crippen LogP) is 3.03. The average Bonchev–Trinajstić information content (AvgIpc) is 2.99. The van der Waals surface area contributed by atoms with Gasteiger partial charge in [-0.2, -0.15) is 0 Å². The molecule has 1 N–H and O–H groups in total. The molecule has 3 rings (SSSR count). The molecule has 0 fully saturated rings. The van der Waals surface area contributed by atoms with E-state index in [1.165, 1.54) is 12.0 Å². The lowest BCUT2D eigenvalue weighted by molar-refractivity contribution is -0.125. The third kappa shape index (κ3) is 3.06. The van der Waals surface area contributed by atoms with Crippen molar-refractivity contribution in [2.75, 3.05) is 19.1 Å². The highest BCUT2D eigenvalue weighted by Gasteiger charge is 2.46. The van der Waals surface area contributed by atoms with Gasteiger partial charge in [0, 0.05) is 22.9 Å². The van der Waals surface area contributed by atoms with E-state index < -0.39 is 11.5 Å². The summed E-state index contributed by atoms with van der Waals surface area (Å²) < 4.78 is 4.66. The van der Waals surface area contributed by atoms with Crippen LogP contribution in [0.15, 0.2) is 17.3 Å². The van der Waals surface area contributed by atoms with E-state index in [-0.39, 0.29) is 17.9 Å². The van der Waals surface area contributed by atoms with E-state index in [1.807, 2.05) is 13.8 Å². The van der Waals surface area contributed by atoms with Crippen LogP contribution in [0.1, 0.15) is 44.7 Å². The number of aromatic nitrogens is 1. The average molecular weight is 362 g/mol. The SMILES string of the molecule is COC(=O)N1C=CC(Nc2nc3c(s2)C(C)(C)CC(=O)C3(C)C)=NC1. The Kier molecular flexibility index (Phi) is 4.18. The number of thiazole rings is 1. The number of anilines is 1. The van der Waals surface area contributed by atoms with Gasteiger partial charge < -0.3 is 10.1 Å². The second kappa shape index (κ2) is 5.94. The van der Waals surface area contributed by atoms with Crippen LogP contribution in [0, 0.1) is 0 Å². The molecule has 0 saturated carbocycles. The molecule has 25 heavy (non-hydrogen) atoms. The van der Waals surface area contributed by atoms with Crippen molar-refractivity contribution in [3.8, 4) is 0 Å². The number of aliphatic imine (C=N–C) groups is 1. The van der Waals surface area contributed by atoms with Crippen LogP contribution in [0.3, 0.4) is 0 Å². The predicted molar refractivity (Wildman–Crippen MR) is 97.1 cm³/mol. The first-order valence-electron chi connectivity index (χ1n) is 8.04. The van der Waals surface area contributed by atoms with Crippen molar-refractivity contribution >= 4 is 34.2 Å². The molecule has 1 aromatic heterocycles. The molecule has 0 unspecified atom stereocenters. The number of methoxy groups -OCH3 is 1. The molecule has 134 valence electrons. The van der Waals surface area contributed by atoms with Gasteiger partial charge in [-0.05, 0) is 19.9 Å². The van der Waals surface area contributed by atoms with Crippen LogP contribution in [0.25, 0.3) is 0 Å². The Bertz CT molecular complexity index is 792. The molecule has 0 atom stereocenters. The fraction of sp³-hybridized carbons (Fsp3) is 0.529. The zero-order valence-electron chi connectivity index (χ0n) is 15.0. The first kappa shape index (κ1) is 17.6. The van der Waals surface area contributed by atoms with Gasteiger partial charge in [-0.3, -0.25) is 9.69 Å². The Morgan fingerprint density at radius 2 is 2.08 bits per heavy atom. The number of carbonyl (C=O) groups is 2. The Morgan fingerprint density at radius 3 is 2.68 bits per heavy atom. The molecule has 8 heteroatoms. The van der Waals surface area contributed by atoms with E-state index in [2.05, 4.69) is 33.9 Å². The van der Waals surface area contributed by atoms with E-state index in [4.69, 9.17) is 0 Å². The lowest BCUT2D eigenvalue weighted by Crippen LogP contribution is -2.41. The second-order valence-corrected chi connectivity index (χ2v) is 8.37. The lowest BCUT2D eigenvalue weighted by atomic mass is 9.68. The maximum absolute atomic E-state index is 12.5. The highest BCUT2D eigenvalue weighted by atomic mass is 32.1. The molecule has 2 aliphatic rings. The number of carbonyl (C=O) groups excluding carboxylic acids is 2. The van der Waals surface area contributed by atoms with Gasteiger partial charge in [0.1, 0.15) is 18.3 Å². The summed E-state index contributed by atoms with van der Waals surface area (Å²) in [5, 5.41) is 3.89. The summed E-state index contributed by atoms with van der Waals surface area (Å²) in [6.07, 6.45) is 3.38. The van der Waals surface area contributed by atoms with Crippen molar-refractivity contribution in [3.63, 3.8) is 0 Å². The highest BCUT2D eigenvalue weighted by molar-refractivity contribution is 7.16. The lowest BCUT2D eigenvalue weighted by Gasteiger charge is -2.36. The van der Waals surface area contributed by atoms with Gasteiger partial charge in [0.25, 0.3) is 0 Å². The fourth-order valence-corrected chi connectivity index (χ4v) is 4.16. The Balaban J connectivity index is 1.83. The summed E-state index contributed by atoms with van der Waals surface area (Å²) in [5.74, 6) is 0.832. The fourth-order valence-electron chi connectivity index (χ4n) is 2.93. The van der Waals surface area contributed by atoms with E-state index in [1.54, 1.807) is 23.6 Å². The minimum Gasteiger partial charge on any atom is -0.452 e. The molecular weight excluding hydrogens is 340 g/mol. The maximum atomic E-state index is 12.5. The van der Waals surface area contributed by atoms with Crippen molar-refractivity contribution in [2.45, 2.75) is 44.9 Å². The summed E-state index contributed by atoms with van der Waals surface area (Å²) in [7, 11) is 1.33. The van der Waals surface area contributed by atoms with E-state index >= 15 is 0 Å². The van der Waals surface area contributed by atoms with Gasteiger partial charge in [0.15, 0.2) is 5.13 Å². The van der Waals surface area contributed by atoms with Gasteiger partial charge in [-0.15, -0.1) is 11.3 Å². The van der Waals surface area contributed by atoms with E-state index in [0.29, 0.717) is 17.4 Å². The van der Waals surface area contributed by atoms with Crippen molar-refractivity contribution in [3.05, 3.63) is 22.8 Å². The largest absolute Gasteiger partial charge is 0.452 e. The molecule has 7 nitrogen and oxygen atoms in total. The number of rotatable bonds is 1. The van der Waals surface area contributed by atoms with Crippen molar-refractivity contribution in [1.82, 2.24) is 9.88 Å². The molecule has 0 spiro atoms. The van der Waals surface area contributed by atoms with E-state index in [0.717, 1.165) is 10.6 Å². The third-order valence-electron chi connectivity index (χ3n) is 4.58. The van der Waals surface area contributed by atoms with Crippen LogP contribution in [0.2, 0.25) is 0 Å². The van der Waals surface area contributed by atoms with Crippen LogP contribution >= 0.6 is 11.3 Å². The molecule has 1 aromatic rings. The van der Waals surface area contributed by atoms with Crippen molar-refractivity contribution in [2.24, 2.45) is 4.99 Å². The molecule has 2 heterocycles. The van der Waals surface area contributed by atoms with Crippen LogP contribution in [-0.2, 0) is 20.4 Å². The Labute approximate surface area is 150 Å². The number of Topliss-reactive ketones (excluding diaryl/α,β-unsaturated/α-hetero) is 1. The number of fused-ring (bicyclic) bond motifs is 1. The molecule has 0 bridgehead atoms. The number of nitrogens with one attached hydrogen (secondary N) is 1. The van der Waals surface area contributed by atoms with Crippen LogP contribution in [0.5, 0.6) is 0 Å². The van der Waals surface area contributed by atoms with Gasteiger partial charge in [-0.25, -0.2) is 14.8 Å². The van der Waals surface area contributed by atoms with Crippen molar-refractivity contribution in [1.29, 1.82) is 0 Å². The molecule has 1 aliphatic carbocycles. The van der Waals surface area contributed by atoms with Gasteiger partial charge in [0.05, 0.1) is 18.2 Å². The minimum absolute atomic E-state index is 0.187. The van der Waals surface area contributed by atoms with Crippen molar-refractivity contribution < 1.29 is 14.3 Å². The number of hydrogen-bond acceptors (Lipinski definition) is 7. The summed E-state index contributed by atoms with van der Waals surface area (Å²) in [5.41, 5.74) is 0.0522. The number of hydrogen-bond donors (Lipinski definition) is 1. The molecule has 1 amide bonds. The first-order valence-corrected chi connectivity index (χ1v) is 8.86. The molecular formula is C17H22N4O3S. The molecule has 0 radical (unpaired) electrons. The summed E-state index contributed by atoms with van der Waals surface area (Å²) >= 11 is 1.56. The Morgan fingerprint density at radius 1 is 1.36 bits per heavy atom. The monoisotopic (exact) mass is 362 g/mol. The zero-order valence-corrected chi connectivity index (χ0v) is 15.9. The van der Waals surface area contributed by atoms with Gasteiger partial charge in [0.2, 0.25) is 0 Å². The number of ether oxygens (including phenoxy) is 1. The standard InChI is InChI=1S/C17H22N4O3S/c1-16(2)8-10(22)17(3,4)12-13(16)25-14(20-12)19-11-6-7-21(9-18-11)15(23)24-5/h6-7H,8-9H2,1-5H3,(H,18,19,20). The normalized spacial score (nSPS) is 20.8. The summed E-state index contributed by atoms with van der Waals surface area (Å²) in [6, 6.07) is 0. The second-order valence-electron chi connectivity index (χ2n) is 7.37. The van der Waals surface area contributed by atoms with E-state index in [9.17, 15) is 9.59 Å². The molecule has 1 aliphatic heterocycles. The van der Waals surface area contributed by atoms with Gasteiger partial charge in [-0.1, -0.05) is 13.8 Å². The third-order valence-corrected chi connectivity index (χ3v) is 5.92. The van der Waals surface area contributed by atoms with Crippen LogP contribution in [0.4, 0.5) is 9.93 Å². The Hall–Kier alpha value is -2.22. The van der Waals surface area contributed by atoms with Gasteiger partial charge >= 0.3 is 6.09 Å². The quantitative estimate of drug-likeness (QED) is 0.830. The summed E-state index contributed by atoms with van der Waals surface area (Å²) in [6.45, 7) is 8.20. The van der Waals surface area contributed by atoms with Crippen LogP contribution < -0.4 is 5.32 Å². The number of ketones is 1. The zero-order chi connectivity index (χ0) is 18.4. The topological polar surface area (TPSA) is 83.9 Å². The minimum atomic E-state index is -0.576. The molecule has 0 saturated heterocycles. The first-order chi connectivity index (χ1) is 11.6. The maximum Gasteiger partial charge on any atom is 0.415 e. The smallest absolute Gasteiger partial charge is 0.415 e.